The second kappa shape index (κ2) is 7.61. The van der Waals surface area contributed by atoms with Crippen LogP contribution in [0.25, 0.3) is 0 Å². The number of aromatic amines is 1. The molecule has 0 aliphatic rings. The summed E-state index contributed by atoms with van der Waals surface area (Å²) in [5, 5.41) is 16.5. The average molecular weight is 227 g/mol. The van der Waals surface area contributed by atoms with Crippen molar-refractivity contribution in [3.05, 3.63) is 30.4 Å². The average Bonchev–Trinajstić information content (AvgIpc) is 2.71. The standard InChI is InChI=1S/C6H9N3O2.C4H8O/c7-5(6(10)11)1-4-2-8-3-9-4;1-4(2)3-5/h2-3,5H,1,7H2,(H,8,9)(H,10,11);5H,1,3H2,2H3. The third-order valence-electron chi connectivity index (χ3n) is 1.58. The molecule has 90 valence electrons. The normalized spacial score (nSPS) is 11.2. The summed E-state index contributed by atoms with van der Waals surface area (Å²) in [6, 6.07) is -0.851. The van der Waals surface area contributed by atoms with Crippen molar-refractivity contribution in [2.45, 2.75) is 19.4 Å². The van der Waals surface area contributed by atoms with E-state index in [9.17, 15) is 4.79 Å². The van der Waals surface area contributed by atoms with Gasteiger partial charge in [-0.15, -0.1) is 0 Å². The number of carboxylic acid groups (broad SMARTS) is 1. The number of aliphatic carboxylic acids is 1. The van der Waals surface area contributed by atoms with Crippen molar-refractivity contribution in [2.24, 2.45) is 5.73 Å². The number of H-pyrrole nitrogens is 1. The van der Waals surface area contributed by atoms with Gasteiger partial charge in [-0.2, -0.15) is 0 Å². The van der Waals surface area contributed by atoms with Gasteiger partial charge in [0.15, 0.2) is 0 Å². The van der Waals surface area contributed by atoms with Gasteiger partial charge in [0, 0.05) is 18.3 Å². The summed E-state index contributed by atoms with van der Waals surface area (Å²) in [4.78, 5) is 16.8. The Morgan fingerprint density at radius 2 is 2.31 bits per heavy atom. The van der Waals surface area contributed by atoms with E-state index in [1.807, 2.05) is 0 Å². The number of nitrogens with zero attached hydrogens (tertiary/aromatic N) is 1. The van der Waals surface area contributed by atoms with Crippen LogP contribution >= 0.6 is 0 Å². The molecule has 0 aliphatic heterocycles. The second-order valence-corrected chi connectivity index (χ2v) is 3.34. The fourth-order valence-corrected chi connectivity index (χ4v) is 0.721. The number of nitrogens with one attached hydrogen (secondary N) is 1. The van der Waals surface area contributed by atoms with Crippen LogP contribution in [0, 0.1) is 0 Å². The van der Waals surface area contributed by atoms with Crippen molar-refractivity contribution in [2.75, 3.05) is 6.61 Å². The van der Waals surface area contributed by atoms with E-state index in [0.717, 1.165) is 11.3 Å². The quantitative estimate of drug-likeness (QED) is 0.537. The molecule has 0 aliphatic carbocycles. The van der Waals surface area contributed by atoms with Gasteiger partial charge in [0.2, 0.25) is 0 Å². The highest BCUT2D eigenvalue weighted by Gasteiger charge is 2.11. The molecule has 0 bridgehead atoms. The summed E-state index contributed by atoms with van der Waals surface area (Å²) in [5.41, 5.74) is 6.81. The maximum atomic E-state index is 10.3. The molecular weight excluding hydrogens is 210 g/mol. The zero-order chi connectivity index (χ0) is 12.6. The van der Waals surface area contributed by atoms with Crippen molar-refractivity contribution < 1.29 is 15.0 Å². The van der Waals surface area contributed by atoms with E-state index in [1.54, 1.807) is 13.1 Å². The SMILES string of the molecule is C=C(C)CO.NC(Cc1cnc[nH]1)C(=O)O. The number of aliphatic hydroxyl groups excluding tert-OH is 1. The highest BCUT2D eigenvalue weighted by molar-refractivity contribution is 5.73. The summed E-state index contributed by atoms with van der Waals surface area (Å²) in [5.74, 6) is -1.00. The Balaban J connectivity index is 0.000000385. The first-order chi connectivity index (χ1) is 7.47. The number of rotatable bonds is 4. The molecule has 0 aromatic carbocycles. The molecule has 0 saturated heterocycles. The van der Waals surface area contributed by atoms with Crippen LogP contribution in [0.2, 0.25) is 0 Å². The molecule has 1 aromatic rings. The number of carbonyl (C=O) groups is 1. The Kier molecular flexibility index (Phi) is 6.82. The van der Waals surface area contributed by atoms with Crippen molar-refractivity contribution in [1.29, 1.82) is 0 Å². The molecule has 1 unspecified atom stereocenters. The van der Waals surface area contributed by atoms with E-state index >= 15 is 0 Å². The monoisotopic (exact) mass is 227 g/mol. The third-order valence-corrected chi connectivity index (χ3v) is 1.58. The molecule has 0 spiro atoms. The molecule has 1 heterocycles. The zero-order valence-electron chi connectivity index (χ0n) is 9.18. The van der Waals surface area contributed by atoms with E-state index in [0.29, 0.717) is 0 Å². The van der Waals surface area contributed by atoms with Crippen molar-refractivity contribution >= 4 is 5.97 Å². The van der Waals surface area contributed by atoms with E-state index < -0.39 is 12.0 Å². The van der Waals surface area contributed by atoms with Crippen LogP contribution in [0.4, 0.5) is 0 Å². The molecule has 0 fully saturated rings. The molecule has 6 nitrogen and oxygen atoms in total. The molecule has 6 heteroatoms. The van der Waals surface area contributed by atoms with Crippen molar-refractivity contribution in [3.8, 4) is 0 Å². The molecule has 0 radical (unpaired) electrons. The van der Waals surface area contributed by atoms with Gasteiger partial charge in [-0.1, -0.05) is 12.2 Å². The Morgan fingerprint density at radius 1 is 1.75 bits per heavy atom. The zero-order valence-corrected chi connectivity index (χ0v) is 9.18. The van der Waals surface area contributed by atoms with Crippen LogP contribution < -0.4 is 5.73 Å². The first-order valence-electron chi connectivity index (χ1n) is 4.68. The highest BCUT2D eigenvalue weighted by Crippen LogP contribution is 1.95. The van der Waals surface area contributed by atoms with Gasteiger partial charge in [-0.05, 0) is 6.92 Å². The smallest absolute Gasteiger partial charge is 0.320 e. The number of aliphatic hydroxyl groups is 1. The third kappa shape index (κ3) is 6.74. The number of carboxylic acids is 1. The minimum Gasteiger partial charge on any atom is -0.480 e. The maximum absolute atomic E-state index is 10.3. The number of imidazole rings is 1. The summed E-state index contributed by atoms with van der Waals surface area (Å²) >= 11 is 0. The van der Waals surface area contributed by atoms with Gasteiger partial charge in [0.05, 0.1) is 12.9 Å². The summed E-state index contributed by atoms with van der Waals surface area (Å²) in [6.45, 7) is 5.31. The van der Waals surface area contributed by atoms with Gasteiger partial charge in [0.1, 0.15) is 6.04 Å². The predicted molar refractivity (Wildman–Crippen MR) is 59.8 cm³/mol. The van der Waals surface area contributed by atoms with E-state index in [2.05, 4.69) is 16.5 Å². The topological polar surface area (TPSA) is 112 Å². The van der Waals surface area contributed by atoms with Crippen molar-refractivity contribution in [3.63, 3.8) is 0 Å². The van der Waals surface area contributed by atoms with E-state index in [1.165, 1.54) is 6.33 Å². The minimum atomic E-state index is -1.00. The van der Waals surface area contributed by atoms with Crippen LogP contribution in [0.5, 0.6) is 0 Å². The largest absolute Gasteiger partial charge is 0.480 e. The van der Waals surface area contributed by atoms with Crippen molar-refractivity contribution in [1.82, 2.24) is 9.97 Å². The molecular formula is C10H17N3O3. The second-order valence-electron chi connectivity index (χ2n) is 3.34. The van der Waals surface area contributed by atoms with Gasteiger partial charge in [0.25, 0.3) is 0 Å². The van der Waals surface area contributed by atoms with Crippen LogP contribution in [0.1, 0.15) is 12.6 Å². The number of hydrogen-bond acceptors (Lipinski definition) is 4. The maximum Gasteiger partial charge on any atom is 0.320 e. The lowest BCUT2D eigenvalue weighted by molar-refractivity contribution is -0.138. The molecule has 1 aromatic heterocycles. The minimum absolute atomic E-state index is 0.111. The highest BCUT2D eigenvalue weighted by atomic mass is 16.4. The summed E-state index contributed by atoms with van der Waals surface area (Å²) in [6.07, 6.45) is 3.34. The van der Waals surface area contributed by atoms with Crippen LogP contribution in [-0.4, -0.2) is 38.8 Å². The lowest BCUT2D eigenvalue weighted by Crippen LogP contribution is -2.32. The molecule has 1 atom stereocenters. The number of aromatic nitrogens is 2. The van der Waals surface area contributed by atoms with Gasteiger partial charge in [-0.25, -0.2) is 4.98 Å². The fraction of sp³-hybridized carbons (Fsp3) is 0.400. The molecule has 0 saturated carbocycles. The Bertz CT molecular complexity index is 322. The first kappa shape index (κ1) is 14.3. The number of nitrogens with two attached hydrogens (primary N) is 1. The lowest BCUT2D eigenvalue weighted by atomic mass is 10.2. The van der Waals surface area contributed by atoms with Crippen LogP contribution in [-0.2, 0) is 11.2 Å². The van der Waals surface area contributed by atoms with Crippen LogP contribution in [0.15, 0.2) is 24.7 Å². The Morgan fingerprint density at radius 3 is 2.62 bits per heavy atom. The molecule has 0 amide bonds. The predicted octanol–water partition coefficient (Wildman–Crippen LogP) is -0.0811. The van der Waals surface area contributed by atoms with Gasteiger partial charge in [-0.3, -0.25) is 4.79 Å². The van der Waals surface area contributed by atoms with Gasteiger partial charge >= 0.3 is 5.97 Å². The Hall–Kier alpha value is -1.66. The summed E-state index contributed by atoms with van der Waals surface area (Å²) < 4.78 is 0. The molecule has 5 N–H and O–H groups in total. The summed E-state index contributed by atoms with van der Waals surface area (Å²) in [7, 11) is 0. The van der Waals surface area contributed by atoms with Crippen LogP contribution in [0.3, 0.4) is 0 Å². The molecule has 16 heavy (non-hydrogen) atoms. The lowest BCUT2D eigenvalue weighted by Gasteiger charge is -2.02. The van der Waals surface area contributed by atoms with Gasteiger partial charge < -0.3 is 20.9 Å². The first-order valence-corrected chi connectivity index (χ1v) is 4.68. The van der Waals surface area contributed by atoms with E-state index in [4.69, 9.17) is 15.9 Å². The Labute approximate surface area is 93.8 Å². The van der Waals surface area contributed by atoms with E-state index in [-0.39, 0.29) is 13.0 Å². The molecule has 1 rings (SSSR count). The number of hydrogen-bond donors (Lipinski definition) is 4. The fourth-order valence-electron chi connectivity index (χ4n) is 0.721.